The normalized spacial score (nSPS) is 12.4. The standard InChI is InChI=1S/C57H68O/c1-6-9-11-15-20-44-25-33-53-54(37-44)56(50-30-28-46-35-41(4)22-26-48(46)39-50)52-32-24-45(21-16-12-10-7-2)38-55(52)57(53)51-31-29-47-36-43(23-27-49(47)40-51)19-17-13-14-18-34-58-42(5)8-3/h22-33,35-40,42H,6-21,34H2,1-5H3. The molecule has 7 aromatic rings. The Hall–Kier alpha value is -4.46. The molecule has 1 unspecified atom stereocenters. The topological polar surface area (TPSA) is 9.23 Å². The smallest absolute Gasteiger partial charge is 0.0544 e. The molecule has 302 valence electrons. The van der Waals surface area contributed by atoms with Crippen LogP contribution in [0.2, 0.25) is 0 Å². The van der Waals surface area contributed by atoms with Crippen LogP contribution in [0.4, 0.5) is 0 Å². The van der Waals surface area contributed by atoms with E-state index in [1.165, 1.54) is 158 Å². The second-order valence-corrected chi connectivity index (χ2v) is 17.3. The summed E-state index contributed by atoms with van der Waals surface area (Å²) in [4.78, 5) is 0. The van der Waals surface area contributed by atoms with E-state index in [0.717, 1.165) is 38.7 Å². The lowest BCUT2D eigenvalue weighted by Gasteiger charge is -2.20. The summed E-state index contributed by atoms with van der Waals surface area (Å²) in [5.74, 6) is 0. The Balaban J connectivity index is 1.30. The molecule has 0 spiro atoms. The Kier molecular flexibility index (Phi) is 14.7. The van der Waals surface area contributed by atoms with Crippen molar-refractivity contribution in [2.45, 2.75) is 143 Å². The van der Waals surface area contributed by atoms with Crippen LogP contribution in [0.25, 0.3) is 65.3 Å². The van der Waals surface area contributed by atoms with E-state index >= 15 is 0 Å². The first-order valence-electron chi connectivity index (χ1n) is 23.1. The number of aryl methyl sites for hydroxylation is 4. The third kappa shape index (κ3) is 10.2. The van der Waals surface area contributed by atoms with E-state index in [2.05, 4.69) is 144 Å². The van der Waals surface area contributed by atoms with Gasteiger partial charge in [-0.1, -0.05) is 175 Å². The lowest BCUT2D eigenvalue weighted by molar-refractivity contribution is 0.0608. The molecule has 0 saturated carbocycles. The summed E-state index contributed by atoms with van der Waals surface area (Å²) in [6, 6.07) is 43.3. The highest BCUT2D eigenvalue weighted by Crippen LogP contribution is 2.45. The molecule has 0 fully saturated rings. The van der Waals surface area contributed by atoms with Gasteiger partial charge >= 0.3 is 0 Å². The van der Waals surface area contributed by atoms with Crippen LogP contribution in [-0.2, 0) is 24.0 Å². The van der Waals surface area contributed by atoms with Crippen LogP contribution in [0.1, 0.15) is 133 Å². The fraction of sp³-hybridized carbons (Fsp3) is 0.404. The predicted molar refractivity (Wildman–Crippen MR) is 256 cm³/mol. The van der Waals surface area contributed by atoms with Crippen LogP contribution in [0.5, 0.6) is 0 Å². The number of rotatable bonds is 21. The molecule has 0 aliphatic heterocycles. The molecule has 0 aliphatic carbocycles. The van der Waals surface area contributed by atoms with E-state index in [1.807, 2.05) is 0 Å². The Morgan fingerprint density at radius 2 is 0.862 bits per heavy atom. The van der Waals surface area contributed by atoms with Gasteiger partial charge in [0, 0.05) is 6.61 Å². The van der Waals surface area contributed by atoms with Crippen molar-refractivity contribution >= 4 is 43.1 Å². The van der Waals surface area contributed by atoms with Crippen LogP contribution >= 0.6 is 0 Å². The summed E-state index contributed by atoms with van der Waals surface area (Å²) in [5.41, 5.74) is 11.0. The van der Waals surface area contributed by atoms with Crippen molar-refractivity contribution in [1.82, 2.24) is 0 Å². The molecule has 0 aromatic heterocycles. The molecule has 0 N–H and O–H groups in total. The van der Waals surface area contributed by atoms with E-state index in [4.69, 9.17) is 4.74 Å². The molecule has 1 heteroatoms. The number of ether oxygens (including phenoxy) is 1. The zero-order valence-electron chi connectivity index (χ0n) is 36.4. The van der Waals surface area contributed by atoms with Crippen molar-refractivity contribution in [3.05, 3.63) is 131 Å². The molecular formula is C57H68O. The third-order valence-corrected chi connectivity index (χ3v) is 12.7. The Morgan fingerprint density at radius 1 is 0.414 bits per heavy atom. The third-order valence-electron chi connectivity index (χ3n) is 12.7. The first kappa shape index (κ1) is 41.7. The van der Waals surface area contributed by atoms with Gasteiger partial charge in [-0.25, -0.2) is 0 Å². The van der Waals surface area contributed by atoms with Gasteiger partial charge in [-0.2, -0.15) is 0 Å². The van der Waals surface area contributed by atoms with E-state index in [1.54, 1.807) is 0 Å². The van der Waals surface area contributed by atoms with E-state index < -0.39 is 0 Å². The molecule has 1 atom stereocenters. The average Bonchev–Trinajstić information content (AvgIpc) is 3.25. The van der Waals surface area contributed by atoms with Crippen molar-refractivity contribution in [3.63, 3.8) is 0 Å². The van der Waals surface area contributed by atoms with E-state index in [9.17, 15) is 0 Å². The zero-order chi connectivity index (χ0) is 40.3. The van der Waals surface area contributed by atoms with Crippen LogP contribution in [0.3, 0.4) is 0 Å². The van der Waals surface area contributed by atoms with Crippen molar-refractivity contribution in [2.75, 3.05) is 6.61 Å². The summed E-state index contributed by atoms with van der Waals surface area (Å²) >= 11 is 0. The lowest BCUT2D eigenvalue weighted by atomic mass is 9.83. The molecule has 0 amide bonds. The molecule has 0 radical (unpaired) electrons. The Bertz CT molecular complexity index is 2430. The maximum Gasteiger partial charge on any atom is 0.0544 e. The minimum Gasteiger partial charge on any atom is -0.379 e. The first-order valence-corrected chi connectivity index (χ1v) is 23.1. The van der Waals surface area contributed by atoms with Gasteiger partial charge in [-0.15, -0.1) is 0 Å². The van der Waals surface area contributed by atoms with E-state index in [0.29, 0.717) is 6.10 Å². The van der Waals surface area contributed by atoms with Gasteiger partial charge in [0.05, 0.1) is 6.10 Å². The van der Waals surface area contributed by atoms with Crippen LogP contribution in [0.15, 0.2) is 109 Å². The summed E-state index contributed by atoms with van der Waals surface area (Å²) in [6.07, 6.45) is 20.0. The van der Waals surface area contributed by atoms with Gasteiger partial charge in [0.1, 0.15) is 0 Å². The van der Waals surface area contributed by atoms with Gasteiger partial charge in [0.25, 0.3) is 0 Å². The predicted octanol–water partition coefficient (Wildman–Crippen LogP) is 17.1. The number of hydrogen-bond donors (Lipinski definition) is 0. The monoisotopic (exact) mass is 769 g/mol. The van der Waals surface area contributed by atoms with Crippen molar-refractivity contribution < 1.29 is 4.74 Å². The minimum atomic E-state index is 0.380. The number of unbranched alkanes of at least 4 members (excludes halogenated alkanes) is 9. The number of benzene rings is 7. The molecule has 1 nitrogen and oxygen atoms in total. The Labute approximate surface area is 350 Å². The largest absolute Gasteiger partial charge is 0.379 e. The van der Waals surface area contributed by atoms with Gasteiger partial charge in [0.2, 0.25) is 0 Å². The molecule has 7 aromatic carbocycles. The molecule has 0 saturated heterocycles. The highest BCUT2D eigenvalue weighted by Gasteiger charge is 2.19. The van der Waals surface area contributed by atoms with E-state index in [-0.39, 0.29) is 0 Å². The average molecular weight is 769 g/mol. The molecule has 0 bridgehead atoms. The minimum absolute atomic E-state index is 0.380. The van der Waals surface area contributed by atoms with Crippen molar-refractivity contribution in [1.29, 1.82) is 0 Å². The Morgan fingerprint density at radius 3 is 1.41 bits per heavy atom. The van der Waals surface area contributed by atoms with Gasteiger partial charge < -0.3 is 4.74 Å². The fourth-order valence-electron chi connectivity index (χ4n) is 9.08. The maximum atomic E-state index is 5.89. The van der Waals surface area contributed by atoms with Crippen molar-refractivity contribution in [2.24, 2.45) is 0 Å². The highest BCUT2D eigenvalue weighted by atomic mass is 16.5. The zero-order valence-corrected chi connectivity index (χ0v) is 36.4. The summed E-state index contributed by atoms with van der Waals surface area (Å²) < 4.78 is 5.89. The fourth-order valence-corrected chi connectivity index (χ4v) is 9.08. The van der Waals surface area contributed by atoms with Crippen LogP contribution < -0.4 is 0 Å². The summed E-state index contributed by atoms with van der Waals surface area (Å²) in [7, 11) is 0. The lowest BCUT2D eigenvalue weighted by Crippen LogP contribution is -2.07. The van der Waals surface area contributed by atoms with Crippen LogP contribution in [0, 0.1) is 6.92 Å². The summed E-state index contributed by atoms with van der Waals surface area (Å²) in [5, 5.41) is 10.7. The van der Waals surface area contributed by atoms with Crippen LogP contribution in [-0.4, -0.2) is 12.7 Å². The second kappa shape index (κ2) is 20.5. The molecule has 0 heterocycles. The second-order valence-electron chi connectivity index (χ2n) is 17.3. The highest BCUT2D eigenvalue weighted by molar-refractivity contribution is 6.22. The van der Waals surface area contributed by atoms with Crippen molar-refractivity contribution in [3.8, 4) is 22.3 Å². The number of hydrogen-bond acceptors (Lipinski definition) is 1. The first-order chi connectivity index (χ1) is 28.4. The summed E-state index contributed by atoms with van der Waals surface area (Å²) in [6.45, 7) is 12.1. The van der Waals surface area contributed by atoms with Gasteiger partial charge in [-0.05, 0) is 159 Å². The van der Waals surface area contributed by atoms with Gasteiger partial charge in [0.15, 0.2) is 0 Å². The molecule has 58 heavy (non-hydrogen) atoms. The molecular weight excluding hydrogens is 701 g/mol. The SMILES string of the molecule is CCCCCCc1ccc2c(-c3ccc4cc(CCCCCCOC(C)CC)ccc4c3)c3cc(CCCCCC)ccc3c(-c3ccc4cc(C)ccc4c3)c2c1. The molecule has 7 rings (SSSR count). The van der Waals surface area contributed by atoms with Gasteiger partial charge in [-0.3, -0.25) is 0 Å². The quantitative estimate of drug-likeness (QED) is 0.0523. The maximum absolute atomic E-state index is 5.89. The number of fused-ring (bicyclic) bond motifs is 4. The molecule has 0 aliphatic rings.